The van der Waals surface area contributed by atoms with Crippen LogP contribution in [0.25, 0.3) is 106 Å². The fourth-order valence-electron chi connectivity index (χ4n) is 9.71. The molecule has 0 N–H and O–H groups in total. The Balaban J connectivity index is 0.000000307. The Labute approximate surface area is 442 Å². The van der Waals surface area contributed by atoms with Gasteiger partial charge < -0.3 is 14.0 Å². The first-order valence-corrected chi connectivity index (χ1v) is 28.3. The molecule has 0 aliphatic heterocycles. The second-order valence-corrected chi connectivity index (χ2v) is 25.2. The van der Waals surface area contributed by atoms with E-state index in [0.29, 0.717) is 5.65 Å². The molecule has 6 nitrogen and oxygen atoms in total. The van der Waals surface area contributed by atoms with Gasteiger partial charge in [0, 0.05) is 42.8 Å². The predicted octanol–water partition coefficient (Wildman–Crippen LogP) is 16.7. The van der Waals surface area contributed by atoms with Gasteiger partial charge in [0.1, 0.15) is 5.58 Å². The van der Waals surface area contributed by atoms with Crippen molar-refractivity contribution in [3.63, 3.8) is 0 Å². The van der Waals surface area contributed by atoms with E-state index in [2.05, 4.69) is 214 Å². The van der Waals surface area contributed by atoms with Crippen LogP contribution >= 0.6 is 0 Å². The Bertz CT molecular complexity index is 3850. The molecule has 0 unspecified atom stereocenters. The minimum absolute atomic E-state index is 0. The van der Waals surface area contributed by atoms with Gasteiger partial charge in [-0.05, 0) is 91.5 Å². The first-order chi connectivity index (χ1) is 35.0. The zero-order valence-corrected chi connectivity index (χ0v) is 45.5. The van der Waals surface area contributed by atoms with Gasteiger partial charge in [-0.25, -0.2) is 0 Å². The molecule has 0 atom stereocenters. The van der Waals surface area contributed by atoms with Crippen LogP contribution in [-0.2, 0) is 20.1 Å². The summed E-state index contributed by atoms with van der Waals surface area (Å²) in [6.45, 7) is 16.1. The zero-order chi connectivity index (χ0) is 49.5. The summed E-state index contributed by atoms with van der Waals surface area (Å²) in [5.41, 5.74) is 17.3. The molecule has 73 heavy (non-hydrogen) atoms. The van der Waals surface area contributed by atoms with Gasteiger partial charge in [-0.3, -0.25) is 4.98 Å². The first-order valence-electron chi connectivity index (χ1n) is 24.8. The van der Waals surface area contributed by atoms with E-state index in [1.54, 1.807) is 0 Å². The molecule has 0 aliphatic rings. The van der Waals surface area contributed by atoms with Crippen LogP contribution in [0.2, 0.25) is 19.6 Å². The zero-order valence-electron chi connectivity index (χ0n) is 42.1. The number of benzene rings is 8. The van der Waals surface area contributed by atoms with Crippen molar-refractivity contribution in [2.75, 3.05) is 0 Å². The van der Waals surface area contributed by atoms with Crippen molar-refractivity contribution in [2.24, 2.45) is 0 Å². The smallest absolute Gasteiger partial charge is 0.191 e. The summed E-state index contributed by atoms with van der Waals surface area (Å²) in [6.07, 6.45) is 2.02. The van der Waals surface area contributed by atoms with Crippen LogP contribution in [0.3, 0.4) is 0 Å². The maximum absolute atomic E-state index is 6.88. The fourth-order valence-corrected chi connectivity index (χ4v) is 10.7. The molecule has 0 fully saturated rings. The number of hydrogen-bond acceptors (Lipinski definition) is 5. The number of fused-ring (bicyclic) bond motifs is 6. The van der Waals surface area contributed by atoms with Crippen LogP contribution < -0.4 is 5.19 Å². The van der Waals surface area contributed by atoms with Crippen LogP contribution in [0.5, 0.6) is 0 Å². The van der Waals surface area contributed by atoms with E-state index in [-0.39, 0.29) is 31.9 Å². The van der Waals surface area contributed by atoms with E-state index < -0.39 is 8.07 Å². The molecular formula is C65H55IrN5OSi-2. The quantitative estimate of drug-likeness (QED) is 0.106. The van der Waals surface area contributed by atoms with E-state index in [0.717, 1.165) is 77.8 Å². The molecule has 0 saturated carbocycles. The Morgan fingerprint density at radius 1 is 0.534 bits per heavy atom. The largest absolute Gasteiger partial charge is 0.501 e. The minimum Gasteiger partial charge on any atom is -0.501 e. The van der Waals surface area contributed by atoms with Crippen LogP contribution in [0.15, 0.2) is 199 Å². The Kier molecular flexibility index (Phi) is 13.7. The summed E-state index contributed by atoms with van der Waals surface area (Å²) >= 11 is 0. The number of hydrogen-bond donors (Lipinski definition) is 0. The van der Waals surface area contributed by atoms with Gasteiger partial charge in [-0.15, -0.1) is 64.3 Å². The molecule has 1 radical (unpaired) electrons. The second kappa shape index (κ2) is 20.5. The van der Waals surface area contributed by atoms with Crippen molar-refractivity contribution in [2.45, 2.75) is 59.2 Å². The van der Waals surface area contributed by atoms with Crippen molar-refractivity contribution in [3.8, 4) is 61.7 Å². The summed E-state index contributed by atoms with van der Waals surface area (Å²) < 4.78 is 9.20. The maximum atomic E-state index is 6.88. The number of nitrogens with zero attached hydrogens (tertiary/aromatic N) is 5. The summed E-state index contributed by atoms with van der Waals surface area (Å²) in [4.78, 5) is 9.83. The molecule has 12 rings (SSSR count). The van der Waals surface area contributed by atoms with E-state index in [1.807, 2.05) is 54.7 Å². The summed E-state index contributed by atoms with van der Waals surface area (Å²) in [6, 6.07) is 72.4. The van der Waals surface area contributed by atoms with Crippen LogP contribution in [0.1, 0.15) is 50.7 Å². The monoisotopic (exact) mass is 1140 g/mol. The van der Waals surface area contributed by atoms with Gasteiger partial charge in [0.15, 0.2) is 5.65 Å². The van der Waals surface area contributed by atoms with Crippen LogP contribution in [-0.4, -0.2) is 32.8 Å². The van der Waals surface area contributed by atoms with E-state index in [1.165, 1.54) is 38.6 Å². The van der Waals surface area contributed by atoms with Crippen molar-refractivity contribution in [3.05, 3.63) is 218 Å². The molecule has 0 spiro atoms. The van der Waals surface area contributed by atoms with Gasteiger partial charge in [-0.2, -0.15) is 0 Å². The summed E-state index contributed by atoms with van der Waals surface area (Å²) in [5.74, 6) is 1.15. The number of pyridine rings is 1. The minimum atomic E-state index is -1.23. The van der Waals surface area contributed by atoms with Gasteiger partial charge >= 0.3 is 0 Å². The van der Waals surface area contributed by atoms with Crippen molar-refractivity contribution in [1.82, 2.24) is 24.7 Å². The molecule has 4 aromatic heterocycles. The van der Waals surface area contributed by atoms with Crippen molar-refractivity contribution >= 4 is 57.3 Å². The molecule has 8 aromatic carbocycles. The van der Waals surface area contributed by atoms with Gasteiger partial charge in [0.05, 0.1) is 30.5 Å². The molecule has 0 aliphatic carbocycles. The fraction of sp³-hybridized carbons (Fsp3) is 0.138. The molecule has 4 heterocycles. The third-order valence-electron chi connectivity index (χ3n) is 13.6. The number of rotatable bonds is 9. The summed E-state index contributed by atoms with van der Waals surface area (Å²) in [5, 5.41) is 13.8. The standard InChI is InChI=1S/C51H39N4O.C14H16NSi.Ir/c1-31(2)43-28-38(34-16-9-6-10-17-34)29-44(32(3)4)47(43)55-48-41-18-11-12-21-45(41)53-54-50(48)52-51(55)42-20-13-19-40-39-27-26-37(30-46(39)56-49(40)42)36-24-22-35(23-25-36)33-14-7-5-8-15-33;1-16(2,3)13-9-10-14(15-11-13)12-7-5-4-6-8-12;/h5-19,21-32H,1-4H3;4-7,9-11H,1-3H3;/q2*-1;. The summed E-state index contributed by atoms with van der Waals surface area (Å²) in [7, 11) is -1.23. The molecule has 12 aromatic rings. The van der Waals surface area contributed by atoms with E-state index in [9.17, 15) is 0 Å². The van der Waals surface area contributed by atoms with Crippen molar-refractivity contribution < 1.29 is 24.5 Å². The third kappa shape index (κ3) is 9.62. The number of aromatic nitrogens is 5. The first kappa shape index (κ1) is 49.0. The topological polar surface area (TPSA) is 69.6 Å². The van der Waals surface area contributed by atoms with Gasteiger partial charge in [0.2, 0.25) is 0 Å². The SMILES string of the molecule is CC(C)c1cc(-c2ccccc2)cc(C(C)C)c1-n1c(-c2[c-]ccc3c2oc2cc(-c4ccc(-c5ccccc5)cc4)ccc23)nc2nnc3ccccc3c21.C[Si](C)(C)c1ccc(-c2[c-]cccc2)nc1.[Ir]. The average molecular weight is 1140 g/mol. The number of imidazole rings is 1. The molecule has 0 bridgehead atoms. The van der Waals surface area contributed by atoms with Crippen molar-refractivity contribution in [1.29, 1.82) is 0 Å². The Morgan fingerprint density at radius 2 is 1.15 bits per heavy atom. The average Bonchev–Trinajstić information content (AvgIpc) is 4.00. The maximum Gasteiger partial charge on any atom is 0.191 e. The van der Waals surface area contributed by atoms with E-state index >= 15 is 0 Å². The van der Waals surface area contributed by atoms with Crippen LogP contribution in [0, 0.1) is 12.1 Å². The van der Waals surface area contributed by atoms with Gasteiger partial charge in [-0.1, -0.05) is 186 Å². The third-order valence-corrected chi connectivity index (χ3v) is 15.6. The van der Waals surface area contributed by atoms with Gasteiger partial charge in [0.25, 0.3) is 0 Å². The van der Waals surface area contributed by atoms with E-state index in [4.69, 9.17) is 14.5 Å². The Morgan fingerprint density at radius 3 is 1.78 bits per heavy atom. The molecular weight excluding hydrogens is 1090 g/mol. The second-order valence-electron chi connectivity index (χ2n) is 20.1. The molecule has 0 saturated heterocycles. The predicted molar refractivity (Wildman–Crippen MR) is 302 cm³/mol. The Hall–Kier alpha value is -7.61. The number of furan rings is 1. The molecule has 8 heteroatoms. The van der Waals surface area contributed by atoms with Crippen LogP contribution in [0.4, 0.5) is 0 Å². The molecule has 361 valence electrons. The normalized spacial score (nSPS) is 11.6. The molecule has 0 amide bonds.